The number of aromatic nitrogens is 2. The summed E-state index contributed by atoms with van der Waals surface area (Å²) in [5, 5.41) is 0.718. The molecule has 0 amide bonds. The Morgan fingerprint density at radius 2 is 1.90 bits per heavy atom. The molecule has 2 aromatic carbocycles. The Hall–Kier alpha value is -1.36. The second-order valence-corrected chi connectivity index (χ2v) is 6.38. The van der Waals surface area contributed by atoms with Crippen LogP contribution >= 0.6 is 39.7 Å². The van der Waals surface area contributed by atoms with Gasteiger partial charge in [-0.2, -0.15) is 0 Å². The highest BCUT2D eigenvalue weighted by molar-refractivity contribution is 9.10. The van der Waals surface area contributed by atoms with Gasteiger partial charge in [0, 0.05) is 21.3 Å². The van der Waals surface area contributed by atoms with E-state index in [1.54, 1.807) is 0 Å². The minimum atomic E-state index is 0.634. The maximum absolute atomic E-state index is 6.28. The highest BCUT2D eigenvalue weighted by atomic mass is 79.9. The zero-order valence-electron chi connectivity index (χ0n) is 11.2. The third kappa shape index (κ3) is 2.71. The maximum Gasteiger partial charge on any atom is 0.182 e. The lowest BCUT2D eigenvalue weighted by atomic mass is 10.1. The van der Waals surface area contributed by atoms with E-state index in [1.165, 1.54) is 0 Å². The van der Waals surface area contributed by atoms with Crippen LogP contribution in [0, 0.1) is 11.7 Å². The van der Waals surface area contributed by atoms with Crippen LogP contribution in [0.4, 0.5) is 0 Å². The van der Waals surface area contributed by atoms with Gasteiger partial charge in [0.2, 0.25) is 0 Å². The van der Waals surface area contributed by atoms with Gasteiger partial charge in [0.15, 0.2) is 4.77 Å². The number of H-pyrrole nitrogens is 1. The lowest BCUT2D eigenvalue weighted by molar-refractivity contribution is 1.03. The van der Waals surface area contributed by atoms with Crippen molar-refractivity contribution in [1.29, 1.82) is 0 Å². The van der Waals surface area contributed by atoms with Gasteiger partial charge in [-0.15, -0.1) is 0 Å². The van der Waals surface area contributed by atoms with E-state index < -0.39 is 0 Å². The molecular weight excluding hydrogens is 368 g/mol. The standard InChI is InChI=1S/C16H12BrClN2S/c1-10-7-12(17)14(8-13(10)18)20-15(9-19-16(20)21)11-5-3-2-4-6-11/h2-9H,1H3,(H,19,21). The van der Waals surface area contributed by atoms with E-state index in [-0.39, 0.29) is 0 Å². The first-order valence-electron chi connectivity index (χ1n) is 6.40. The molecule has 0 aliphatic heterocycles. The van der Waals surface area contributed by atoms with Gasteiger partial charge >= 0.3 is 0 Å². The molecule has 0 aliphatic rings. The lowest BCUT2D eigenvalue weighted by Crippen LogP contribution is -1.99. The number of imidazole rings is 1. The molecule has 0 unspecified atom stereocenters. The van der Waals surface area contributed by atoms with Crippen LogP contribution in [0.5, 0.6) is 0 Å². The summed E-state index contributed by atoms with van der Waals surface area (Å²) in [6, 6.07) is 14.0. The molecule has 106 valence electrons. The number of hydrogen-bond donors (Lipinski definition) is 1. The van der Waals surface area contributed by atoms with Gasteiger partial charge in [-0.25, -0.2) is 0 Å². The van der Waals surface area contributed by atoms with Crippen LogP contribution in [0.2, 0.25) is 5.02 Å². The third-order valence-electron chi connectivity index (χ3n) is 3.31. The molecule has 0 aliphatic carbocycles. The van der Waals surface area contributed by atoms with Crippen LogP contribution in [0.3, 0.4) is 0 Å². The second kappa shape index (κ2) is 5.79. The van der Waals surface area contributed by atoms with Crippen LogP contribution in [-0.4, -0.2) is 9.55 Å². The SMILES string of the molecule is Cc1cc(Br)c(-n2c(-c3ccccc3)c[nH]c2=S)cc1Cl. The monoisotopic (exact) mass is 378 g/mol. The Morgan fingerprint density at radius 3 is 2.62 bits per heavy atom. The largest absolute Gasteiger partial charge is 0.336 e. The highest BCUT2D eigenvalue weighted by Gasteiger charge is 2.12. The summed E-state index contributed by atoms with van der Waals surface area (Å²) >= 11 is 15.3. The molecule has 0 saturated carbocycles. The van der Waals surface area contributed by atoms with Gasteiger partial charge in [-0.1, -0.05) is 41.9 Å². The van der Waals surface area contributed by atoms with Crippen molar-refractivity contribution in [1.82, 2.24) is 9.55 Å². The number of hydrogen-bond acceptors (Lipinski definition) is 1. The number of nitrogens with zero attached hydrogens (tertiary/aromatic N) is 1. The molecule has 21 heavy (non-hydrogen) atoms. The van der Waals surface area contributed by atoms with Crippen molar-refractivity contribution in [3.05, 3.63) is 68.5 Å². The van der Waals surface area contributed by atoms with Gasteiger partial charge < -0.3 is 4.98 Å². The van der Waals surface area contributed by atoms with E-state index in [9.17, 15) is 0 Å². The van der Waals surface area contributed by atoms with E-state index in [0.29, 0.717) is 4.77 Å². The van der Waals surface area contributed by atoms with Crippen molar-refractivity contribution in [2.45, 2.75) is 6.92 Å². The summed E-state index contributed by atoms with van der Waals surface area (Å²) in [5.74, 6) is 0. The van der Waals surface area contributed by atoms with Gasteiger partial charge in [0.25, 0.3) is 0 Å². The zero-order valence-corrected chi connectivity index (χ0v) is 14.4. The van der Waals surface area contributed by atoms with Crippen LogP contribution in [0.15, 0.2) is 53.1 Å². The molecule has 1 N–H and O–H groups in total. The highest BCUT2D eigenvalue weighted by Crippen LogP contribution is 2.31. The summed E-state index contributed by atoms with van der Waals surface area (Å²) in [5.41, 5.74) is 4.04. The molecule has 3 aromatic rings. The van der Waals surface area contributed by atoms with Crippen LogP contribution < -0.4 is 0 Å². The van der Waals surface area contributed by atoms with Gasteiger partial charge in [-0.3, -0.25) is 4.57 Å². The van der Waals surface area contributed by atoms with Crippen LogP contribution in [0.25, 0.3) is 16.9 Å². The Balaban J connectivity index is 2.27. The molecule has 1 aromatic heterocycles. The zero-order chi connectivity index (χ0) is 15.0. The van der Waals surface area contributed by atoms with E-state index >= 15 is 0 Å². The van der Waals surface area contributed by atoms with Crippen LogP contribution in [-0.2, 0) is 0 Å². The average molecular weight is 380 g/mol. The van der Waals surface area contributed by atoms with Crippen molar-refractivity contribution >= 4 is 39.7 Å². The molecule has 1 heterocycles. The quantitative estimate of drug-likeness (QED) is 0.548. The molecule has 0 spiro atoms. The van der Waals surface area contributed by atoms with Gasteiger partial charge in [0.1, 0.15) is 0 Å². The molecule has 0 bridgehead atoms. The third-order valence-corrected chi connectivity index (χ3v) is 4.66. The Labute approximate surface area is 141 Å². The summed E-state index contributed by atoms with van der Waals surface area (Å²) in [4.78, 5) is 3.11. The van der Waals surface area contributed by atoms with Crippen molar-refractivity contribution in [2.75, 3.05) is 0 Å². The summed E-state index contributed by atoms with van der Waals surface area (Å²) in [6.45, 7) is 1.98. The maximum atomic E-state index is 6.28. The van der Waals surface area contributed by atoms with Crippen molar-refractivity contribution < 1.29 is 0 Å². The fourth-order valence-corrected chi connectivity index (χ4v) is 3.28. The summed E-state index contributed by atoms with van der Waals surface area (Å²) in [6.07, 6.45) is 1.91. The van der Waals surface area contributed by atoms with E-state index in [2.05, 4.69) is 33.0 Å². The topological polar surface area (TPSA) is 20.7 Å². The predicted molar refractivity (Wildman–Crippen MR) is 93.8 cm³/mol. The molecule has 0 radical (unpaired) electrons. The van der Waals surface area contributed by atoms with Crippen molar-refractivity contribution in [2.24, 2.45) is 0 Å². The number of nitrogens with one attached hydrogen (secondary N) is 1. The molecule has 3 rings (SSSR count). The number of halogens is 2. The van der Waals surface area contributed by atoms with E-state index in [4.69, 9.17) is 23.8 Å². The molecule has 2 nitrogen and oxygen atoms in total. The summed E-state index contributed by atoms with van der Waals surface area (Å²) < 4.78 is 3.58. The summed E-state index contributed by atoms with van der Waals surface area (Å²) in [7, 11) is 0. The Bertz CT molecular complexity index is 852. The van der Waals surface area contributed by atoms with Crippen molar-refractivity contribution in [3.8, 4) is 16.9 Å². The second-order valence-electron chi connectivity index (χ2n) is 4.73. The molecule has 5 heteroatoms. The van der Waals surface area contributed by atoms with Gasteiger partial charge in [-0.05, 0) is 52.8 Å². The normalized spacial score (nSPS) is 10.8. The minimum absolute atomic E-state index is 0.634. The lowest BCUT2D eigenvalue weighted by Gasteiger charge is -2.12. The fraction of sp³-hybridized carbons (Fsp3) is 0.0625. The average Bonchev–Trinajstić information content (AvgIpc) is 2.85. The predicted octanol–water partition coefficient (Wildman–Crippen LogP) is 5.93. The van der Waals surface area contributed by atoms with E-state index in [0.717, 1.165) is 32.0 Å². The van der Waals surface area contributed by atoms with E-state index in [1.807, 2.05) is 48.0 Å². The number of aromatic amines is 1. The first kappa shape index (κ1) is 14.6. The number of rotatable bonds is 2. The Kier molecular flexibility index (Phi) is 4.02. The minimum Gasteiger partial charge on any atom is -0.336 e. The molecule has 0 saturated heterocycles. The Morgan fingerprint density at radius 1 is 1.19 bits per heavy atom. The number of aryl methyl sites for hydroxylation is 1. The first-order valence-corrected chi connectivity index (χ1v) is 7.97. The molecule has 0 fully saturated rings. The molecular formula is C16H12BrClN2S. The van der Waals surface area contributed by atoms with Gasteiger partial charge in [0.05, 0.1) is 11.4 Å². The fourth-order valence-electron chi connectivity index (χ4n) is 2.24. The van der Waals surface area contributed by atoms with Crippen LogP contribution in [0.1, 0.15) is 5.56 Å². The smallest absolute Gasteiger partial charge is 0.182 e. The van der Waals surface area contributed by atoms with Crippen molar-refractivity contribution in [3.63, 3.8) is 0 Å². The number of benzene rings is 2. The first-order chi connectivity index (χ1) is 10.1. The molecule has 0 atom stereocenters.